The van der Waals surface area contributed by atoms with Gasteiger partial charge in [-0.1, -0.05) is 30.3 Å². The molecule has 2 aliphatic rings. The Balaban J connectivity index is 1.41. The molecule has 0 saturated carbocycles. The zero-order chi connectivity index (χ0) is 21.1. The normalized spacial score (nSPS) is 23.0. The smallest absolute Gasteiger partial charge is 0.407 e. The number of alkyl carbamates (subject to hydrolysis) is 1. The highest BCUT2D eigenvalue weighted by molar-refractivity contribution is 9.10. The highest BCUT2D eigenvalue weighted by Gasteiger charge is 2.41. The van der Waals surface area contributed by atoms with Gasteiger partial charge in [0.2, 0.25) is 0 Å². The van der Waals surface area contributed by atoms with E-state index in [1.807, 2.05) is 36.4 Å². The van der Waals surface area contributed by atoms with Crippen molar-refractivity contribution in [3.05, 3.63) is 58.1 Å². The van der Waals surface area contributed by atoms with Crippen molar-refractivity contribution < 1.29 is 19.0 Å². The van der Waals surface area contributed by atoms with Gasteiger partial charge in [0.05, 0.1) is 18.2 Å². The molecule has 1 fully saturated rings. The summed E-state index contributed by atoms with van der Waals surface area (Å²) in [7, 11) is 3.80. The van der Waals surface area contributed by atoms with E-state index in [0.717, 1.165) is 34.6 Å². The van der Waals surface area contributed by atoms with Crippen LogP contribution in [0, 0.1) is 11.8 Å². The summed E-state index contributed by atoms with van der Waals surface area (Å²) in [5.41, 5.74) is 2.14. The fourth-order valence-electron chi connectivity index (χ4n) is 4.51. The van der Waals surface area contributed by atoms with Crippen molar-refractivity contribution in [1.29, 1.82) is 0 Å². The van der Waals surface area contributed by atoms with E-state index in [-0.39, 0.29) is 18.6 Å². The van der Waals surface area contributed by atoms with Gasteiger partial charge in [-0.3, -0.25) is 0 Å². The van der Waals surface area contributed by atoms with Crippen LogP contribution in [0.4, 0.5) is 4.79 Å². The fraction of sp³-hybridized carbons (Fsp3) is 0.435. The van der Waals surface area contributed by atoms with Gasteiger partial charge in [-0.15, -0.1) is 0 Å². The second-order valence-electron chi connectivity index (χ2n) is 8.03. The first-order valence-electron chi connectivity index (χ1n) is 10.2. The van der Waals surface area contributed by atoms with Crippen molar-refractivity contribution in [2.75, 3.05) is 40.4 Å². The minimum Gasteiger partial charge on any atom is -0.497 e. The third kappa shape index (κ3) is 4.57. The van der Waals surface area contributed by atoms with E-state index in [9.17, 15) is 4.79 Å². The van der Waals surface area contributed by atoms with Crippen LogP contribution in [0.15, 0.2) is 46.9 Å². The van der Waals surface area contributed by atoms with Gasteiger partial charge in [0.1, 0.15) is 18.1 Å². The maximum Gasteiger partial charge on any atom is 0.407 e. The zero-order valence-corrected chi connectivity index (χ0v) is 18.9. The van der Waals surface area contributed by atoms with Crippen molar-refractivity contribution in [2.24, 2.45) is 11.8 Å². The third-order valence-corrected chi connectivity index (χ3v) is 6.59. The molecule has 0 bridgehead atoms. The predicted molar refractivity (Wildman–Crippen MR) is 118 cm³/mol. The summed E-state index contributed by atoms with van der Waals surface area (Å²) in [4.78, 5) is 14.6. The average molecular weight is 475 g/mol. The number of rotatable bonds is 5. The number of likely N-dealkylation sites (tertiary alicyclic amines) is 1. The van der Waals surface area contributed by atoms with E-state index < -0.39 is 0 Å². The summed E-state index contributed by atoms with van der Waals surface area (Å²) in [5.74, 6) is 2.64. The second kappa shape index (κ2) is 9.27. The number of hydrogen-bond donors (Lipinski definition) is 1. The molecule has 0 aromatic heterocycles. The number of ether oxygens (including phenoxy) is 3. The Morgan fingerprint density at radius 1 is 1.27 bits per heavy atom. The lowest BCUT2D eigenvalue weighted by Gasteiger charge is -2.45. The summed E-state index contributed by atoms with van der Waals surface area (Å²) >= 11 is 3.61. The first-order valence-corrected chi connectivity index (χ1v) is 11.0. The molecule has 6 nitrogen and oxygen atoms in total. The quantitative estimate of drug-likeness (QED) is 0.708. The fourth-order valence-corrected chi connectivity index (χ4v) is 5.08. The highest BCUT2D eigenvalue weighted by Crippen LogP contribution is 2.47. The Morgan fingerprint density at radius 2 is 2.07 bits per heavy atom. The minimum absolute atomic E-state index is 0.271. The first kappa shape index (κ1) is 21.0. The molecular weight excluding hydrogens is 448 g/mol. The molecular formula is C23H27BrN2O4. The van der Waals surface area contributed by atoms with Crippen LogP contribution in [0.2, 0.25) is 0 Å². The lowest BCUT2D eigenvalue weighted by molar-refractivity contribution is 0.0572. The third-order valence-electron chi connectivity index (χ3n) is 6.00. The molecule has 160 valence electrons. The largest absolute Gasteiger partial charge is 0.497 e. The van der Waals surface area contributed by atoms with Crippen LogP contribution in [-0.4, -0.2) is 51.4 Å². The number of carbonyl (C=O) groups is 1. The monoisotopic (exact) mass is 474 g/mol. The maximum absolute atomic E-state index is 12.2. The Bertz CT molecular complexity index is 892. The van der Waals surface area contributed by atoms with Gasteiger partial charge in [-0.2, -0.15) is 0 Å². The molecule has 0 spiro atoms. The Kier molecular flexibility index (Phi) is 6.49. The second-order valence-corrected chi connectivity index (χ2v) is 8.89. The Labute approximate surface area is 185 Å². The van der Waals surface area contributed by atoms with Crippen LogP contribution in [0.3, 0.4) is 0 Å². The van der Waals surface area contributed by atoms with Crippen molar-refractivity contribution in [2.45, 2.75) is 12.5 Å². The molecule has 2 aliphatic heterocycles. The van der Waals surface area contributed by atoms with Gasteiger partial charge in [-0.05, 0) is 46.6 Å². The molecule has 3 atom stereocenters. The minimum atomic E-state index is -0.384. The molecule has 0 unspecified atom stereocenters. The lowest BCUT2D eigenvalue weighted by Crippen LogP contribution is -2.50. The van der Waals surface area contributed by atoms with Crippen molar-refractivity contribution in [3.8, 4) is 11.5 Å². The molecule has 1 saturated heterocycles. The van der Waals surface area contributed by atoms with Gasteiger partial charge in [-0.25, -0.2) is 4.79 Å². The van der Waals surface area contributed by atoms with E-state index in [2.05, 4.69) is 39.3 Å². The van der Waals surface area contributed by atoms with Crippen LogP contribution in [-0.2, 0) is 11.3 Å². The number of likely N-dealkylation sites (N-methyl/N-ethyl adjacent to an activating group) is 1. The lowest BCUT2D eigenvalue weighted by atomic mass is 9.73. The van der Waals surface area contributed by atoms with E-state index >= 15 is 0 Å². The number of hydrogen-bond acceptors (Lipinski definition) is 5. The molecule has 4 rings (SSSR count). The summed E-state index contributed by atoms with van der Waals surface area (Å²) < 4.78 is 17.9. The SMILES string of the molecule is COc1cc(Br)c2c(c1)[C@@H]1CN(C)C[C@@H](CNC(=O)OCc3ccccc3)[C@H]1CO2. The predicted octanol–water partition coefficient (Wildman–Crippen LogP) is 4.04. The molecule has 2 heterocycles. The number of nitrogens with zero attached hydrogens (tertiary/aromatic N) is 1. The number of piperidine rings is 1. The Morgan fingerprint density at radius 3 is 2.83 bits per heavy atom. The van der Waals surface area contributed by atoms with Crippen LogP contribution >= 0.6 is 15.9 Å². The Hall–Kier alpha value is -2.25. The highest BCUT2D eigenvalue weighted by atomic mass is 79.9. The number of halogens is 1. The molecule has 2 aromatic rings. The number of nitrogens with one attached hydrogen (secondary N) is 1. The van der Waals surface area contributed by atoms with Crippen molar-refractivity contribution >= 4 is 22.0 Å². The van der Waals surface area contributed by atoms with Gasteiger partial charge in [0, 0.05) is 37.0 Å². The van der Waals surface area contributed by atoms with Crippen LogP contribution in [0.1, 0.15) is 17.0 Å². The van der Waals surface area contributed by atoms with E-state index in [0.29, 0.717) is 25.0 Å². The van der Waals surface area contributed by atoms with Crippen molar-refractivity contribution in [3.63, 3.8) is 0 Å². The number of methoxy groups -OCH3 is 1. The molecule has 0 aliphatic carbocycles. The van der Waals surface area contributed by atoms with Gasteiger partial charge in [0.25, 0.3) is 0 Å². The van der Waals surface area contributed by atoms with Crippen molar-refractivity contribution in [1.82, 2.24) is 10.2 Å². The maximum atomic E-state index is 12.2. The average Bonchev–Trinajstić information content (AvgIpc) is 2.76. The molecule has 2 aromatic carbocycles. The molecule has 0 radical (unpaired) electrons. The van der Waals surface area contributed by atoms with E-state index in [1.165, 1.54) is 5.56 Å². The van der Waals surface area contributed by atoms with Crippen LogP contribution < -0.4 is 14.8 Å². The van der Waals surface area contributed by atoms with Gasteiger partial charge >= 0.3 is 6.09 Å². The van der Waals surface area contributed by atoms with E-state index in [4.69, 9.17) is 14.2 Å². The molecule has 7 heteroatoms. The first-order chi connectivity index (χ1) is 14.5. The van der Waals surface area contributed by atoms with Gasteiger partial charge < -0.3 is 24.4 Å². The van der Waals surface area contributed by atoms with Crippen LogP contribution in [0.5, 0.6) is 11.5 Å². The summed E-state index contributed by atoms with van der Waals surface area (Å²) in [6, 6.07) is 13.7. The van der Waals surface area contributed by atoms with Gasteiger partial charge in [0.15, 0.2) is 0 Å². The van der Waals surface area contributed by atoms with Crippen LogP contribution in [0.25, 0.3) is 0 Å². The molecule has 1 N–H and O–H groups in total. The molecule has 1 amide bonds. The summed E-state index contributed by atoms with van der Waals surface area (Å²) in [6.07, 6.45) is -0.384. The molecule has 30 heavy (non-hydrogen) atoms. The standard InChI is InChI=1S/C23H27BrN2O4/c1-26-11-16(10-25-23(27)30-13-15-6-4-3-5-7-15)20-14-29-22-18(19(20)12-26)8-17(28-2)9-21(22)24/h3-9,16,19-20H,10-14H2,1-2H3,(H,25,27)/t16-,19+,20-/m1/s1. The summed E-state index contributed by atoms with van der Waals surface area (Å²) in [5, 5.41) is 2.96. The number of fused-ring (bicyclic) bond motifs is 3. The number of amides is 1. The topological polar surface area (TPSA) is 60.0 Å². The zero-order valence-electron chi connectivity index (χ0n) is 17.3. The van der Waals surface area contributed by atoms with E-state index in [1.54, 1.807) is 7.11 Å². The number of benzene rings is 2. The number of carbonyl (C=O) groups excluding carboxylic acids is 1. The summed E-state index contributed by atoms with van der Waals surface area (Å²) in [6.45, 7) is 3.33.